The highest BCUT2D eigenvalue weighted by atomic mass is 35.5. The molecule has 1 amide bonds. The molecule has 0 radical (unpaired) electrons. The van der Waals surface area contributed by atoms with Crippen molar-refractivity contribution >= 4 is 29.1 Å². The zero-order valence-corrected chi connectivity index (χ0v) is 10.1. The van der Waals surface area contributed by atoms with Crippen LogP contribution < -0.4 is 5.73 Å². The largest absolute Gasteiger partial charge is 0.363 e. The van der Waals surface area contributed by atoms with Crippen molar-refractivity contribution in [2.75, 3.05) is 0 Å². The van der Waals surface area contributed by atoms with Crippen LogP contribution in [0.25, 0.3) is 0 Å². The Morgan fingerprint density at radius 2 is 2.18 bits per heavy atom. The maximum atomic E-state index is 10.8. The Labute approximate surface area is 107 Å². The molecule has 1 aromatic carbocycles. The molecule has 0 aliphatic carbocycles. The lowest BCUT2D eigenvalue weighted by molar-refractivity contribution is 0.0990. The van der Waals surface area contributed by atoms with Crippen LogP contribution >= 0.6 is 23.2 Å². The first-order valence-corrected chi connectivity index (χ1v) is 5.45. The van der Waals surface area contributed by atoms with Gasteiger partial charge >= 0.3 is 0 Å². The van der Waals surface area contributed by atoms with Crippen molar-refractivity contribution in [3.8, 4) is 0 Å². The van der Waals surface area contributed by atoms with Gasteiger partial charge in [0.15, 0.2) is 0 Å². The van der Waals surface area contributed by atoms with Crippen molar-refractivity contribution in [2.45, 2.75) is 6.54 Å². The molecule has 0 atom stereocenters. The summed E-state index contributed by atoms with van der Waals surface area (Å²) in [7, 11) is 0. The Balaban J connectivity index is 2.25. The van der Waals surface area contributed by atoms with Gasteiger partial charge in [0.1, 0.15) is 6.33 Å². The molecule has 2 N–H and O–H groups in total. The van der Waals surface area contributed by atoms with E-state index in [1.165, 1.54) is 11.0 Å². The van der Waals surface area contributed by atoms with E-state index in [-0.39, 0.29) is 5.82 Å². The van der Waals surface area contributed by atoms with E-state index < -0.39 is 5.91 Å². The second kappa shape index (κ2) is 4.73. The molecule has 5 nitrogen and oxygen atoms in total. The molecule has 17 heavy (non-hydrogen) atoms. The number of hydrogen-bond acceptors (Lipinski definition) is 3. The van der Waals surface area contributed by atoms with Gasteiger partial charge in [-0.2, -0.15) is 0 Å². The van der Waals surface area contributed by atoms with Crippen molar-refractivity contribution in [3.05, 3.63) is 46.0 Å². The minimum Gasteiger partial charge on any atom is -0.363 e. The van der Waals surface area contributed by atoms with E-state index >= 15 is 0 Å². The third-order valence-corrected chi connectivity index (χ3v) is 2.98. The predicted octanol–water partition coefficient (Wildman–Crippen LogP) is 1.73. The highest BCUT2D eigenvalue weighted by molar-refractivity contribution is 6.42. The minimum atomic E-state index is -0.666. The number of carbonyl (C=O) groups excluding carboxylic acids is 1. The molecule has 0 aliphatic rings. The van der Waals surface area contributed by atoms with Crippen LogP contribution in [0.2, 0.25) is 10.0 Å². The topological polar surface area (TPSA) is 73.8 Å². The fourth-order valence-corrected chi connectivity index (χ4v) is 1.71. The molecule has 1 aromatic heterocycles. The van der Waals surface area contributed by atoms with Crippen LogP contribution in [-0.4, -0.2) is 20.7 Å². The number of amides is 1. The lowest BCUT2D eigenvalue weighted by Crippen LogP contribution is -2.14. The molecule has 0 spiro atoms. The number of primary amides is 1. The maximum Gasteiger partial charge on any atom is 0.288 e. The monoisotopic (exact) mass is 270 g/mol. The molecule has 0 aliphatic heterocycles. The van der Waals surface area contributed by atoms with E-state index in [0.717, 1.165) is 5.56 Å². The van der Waals surface area contributed by atoms with Gasteiger partial charge in [-0.3, -0.25) is 4.79 Å². The molecule has 0 unspecified atom stereocenters. The van der Waals surface area contributed by atoms with E-state index in [1.807, 2.05) is 6.07 Å². The standard InChI is InChI=1S/C10H8Cl2N4O/c11-7-3-1-2-6(8(7)12)4-16-5-14-10(15-16)9(13)17/h1-3,5H,4H2,(H2,13,17). The number of carbonyl (C=O) groups is 1. The zero-order valence-electron chi connectivity index (χ0n) is 8.60. The van der Waals surface area contributed by atoms with Gasteiger partial charge in [0.25, 0.3) is 5.91 Å². The van der Waals surface area contributed by atoms with Gasteiger partial charge in [-0.1, -0.05) is 35.3 Å². The van der Waals surface area contributed by atoms with Crippen molar-refractivity contribution in [3.63, 3.8) is 0 Å². The quantitative estimate of drug-likeness (QED) is 0.923. The second-order valence-corrected chi connectivity index (χ2v) is 4.13. The SMILES string of the molecule is NC(=O)c1ncn(Cc2cccc(Cl)c2Cl)n1. The molecule has 2 aromatic rings. The number of halogens is 2. The molecule has 0 saturated carbocycles. The summed E-state index contributed by atoms with van der Waals surface area (Å²) >= 11 is 11.9. The van der Waals surface area contributed by atoms with Crippen LogP contribution in [-0.2, 0) is 6.54 Å². The number of nitrogens with zero attached hydrogens (tertiary/aromatic N) is 3. The van der Waals surface area contributed by atoms with Crippen LogP contribution in [0.15, 0.2) is 24.5 Å². The fraction of sp³-hybridized carbons (Fsp3) is 0.100. The Hall–Kier alpha value is -1.59. The highest BCUT2D eigenvalue weighted by Crippen LogP contribution is 2.25. The number of hydrogen-bond donors (Lipinski definition) is 1. The smallest absolute Gasteiger partial charge is 0.288 e. The summed E-state index contributed by atoms with van der Waals surface area (Å²) in [5, 5.41) is 4.84. The average molecular weight is 271 g/mol. The van der Waals surface area contributed by atoms with Crippen LogP contribution in [0.3, 0.4) is 0 Å². The van der Waals surface area contributed by atoms with Crippen LogP contribution in [0.1, 0.15) is 16.2 Å². The summed E-state index contributed by atoms with van der Waals surface area (Å²) in [4.78, 5) is 14.6. The Morgan fingerprint density at radius 1 is 1.41 bits per heavy atom. The van der Waals surface area contributed by atoms with Crippen molar-refractivity contribution in [1.29, 1.82) is 0 Å². The van der Waals surface area contributed by atoms with Crippen molar-refractivity contribution in [2.24, 2.45) is 5.73 Å². The van der Waals surface area contributed by atoms with Gasteiger partial charge in [0.05, 0.1) is 16.6 Å². The second-order valence-electron chi connectivity index (χ2n) is 3.34. The van der Waals surface area contributed by atoms with Gasteiger partial charge in [0.2, 0.25) is 5.82 Å². The third-order valence-electron chi connectivity index (χ3n) is 2.12. The first-order chi connectivity index (χ1) is 8.08. The first kappa shape index (κ1) is 11.9. The van der Waals surface area contributed by atoms with Gasteiger partial charge in [-0.25, -0.2) is 9.67 Å². The maximum absolute atomic E-state index is 10.8. The highest BCUT2D eigenvalue weighted by Gasteiger charge is 2.09. The van der Waals surface area contributed by atoms with E-state index in [9.17, 15) is 4.79 Å². The normalized spacial score (nSPS) is 10.5. The molecule has 0 fully saturated rings. The number of benzene rings is 1. The first-order valence-electron chi connectivity index (χ1n) is 4.70. The molecular formula is C10H8Cl2N4O. The molecule has 2 rings (SSSR count). The van der Waals surface area contributed by atoms with Crippen LogP contribution in [0.5, 0.6) is 0 Å². The Kier molecular flexibility index (Phi) is 3.31. The van der Waals surface area contributed by atoms with Gasteiger partial charge in [-0.15, -0.1) is 5.10 Å². The minimum absolute atomic E-state index is 0.0249. The Bertz CT molecular complexity index is 567. The van der Waals surface area contributed by atoms with Crippen LogP contribution in [0, 0.1) is 0 Å². The molecule has 0 bridgehead atoms. The summed E-state index contributed by atoms with van der Waals surface area (Å²) in [5.41, 5.74) is 5.84. The van der Waals surface area contributed by atoms with Crippen molar-refractivity contribution < 1.29 is 4.79 Å². The zero-order chi connectivity index (χ0) is 12.4. The number of rotatable bonds is 3. The van der Waals surface area contributed by atoms with Crippen LogP contribution in [0.4, 0.5) is 0 Å². The van der Waals surface area contributed by atoms with E-state index in [4.69, 9.17) is 28.9 Å². The predicted molar refractivity (Wildman–Crippen MR) is 64.1 cm³/mol. The van der Waals surface area contributed by atoms with Crippen molar-refractivity contribution in [1.82, 2.24) is 14.8 Å². The fourth-order valence-electron chi connectivity index (χ4n) is 1.33. The molecule has 7 heteroatoms. The summed E-state index contributed by atoms with van der Waals surface area (Å²) in [6.07, 6.45) is 1.41. The summed E-state index contributed by atoms with van der Waals surface area (Å²) < 4.78 is 1.47. The number of aromatic nitrogens is 3. The molecule has 0 saturated heterocycles. The Morgan fingerprint density at radius 3 is 2.82 bits per heavy atom. The molecule has 88 valence electrons. The molecule has 1 heterocycles. The average Bonchev–Trinajstić information content (AvgIpc) is 2.73. The summed E-state index contributed by atoms with van der Waals surface area (Å²) in [6.45, 7) is 0.375. The van der Waals surface area contributed by atoms with E-state index in [0.29, 0.717) is 16.6 Å². The van der Waals surface area contributed by atoms with Gasteiger partial charge in [0, 0.05) is 0 Å². The molecular weight excluding hydrogens is 263 g/mol. The number of nitrogens with two attached hydrogens (primary N) is 1. The lowest BCUT2D eigenvalue weighted by atomic mass is 10.2. The summed E-state index contributed by atoms with van der Waals surface area (Å²) in [5.74, 6) is -0.691. The summed E-state index contributed by atoms with van der Waals surface area (Å²) in [6, 6.07) is 5.30. The van der Waals surface area contributed by atoms with Gasteiger partial charge < -0.3 is 5.73 Å². The third kappa shape index (κ3) is 2.57. The van der Waals surface area contributed by atoms with E-state index in [2.05, 4.69) is 10.1 Å². The van der Waals surface area contributed by atoms with Gasteiger partial charge in [-0.05, 0) is 11.6 Å². The van der Waals surface area contributed by atoms with E-state index in [1.54, 1.807) is 12.1 Å². The lowest BCUT2D eigenvalue weighted by Gasteiger charge is -2.04.